The molecule has 0 spiro atoms. The maximum atomic E-state index is 10.5. The number of hydrogen-bond donors (Lipinski definition) is 1. The smallest absolute Gasteiger partial charge is 0.141 e. The predicted octanol–water partition coefficient (Wildman–Crippen LogP) is 3.87. The number of imidazole rings is 1. The lowest BCUT2D eigenvalue weighted by Gasteiger charge is -2.24. The van der Waals surface area contributed by atoms with E-state index in [1.807, 2.05) is 36.4 Å². The largest absolute Gasteiger partial charge is 0.383 e. The molecule has 0 aliphatic heterocycles. The summed E-state index contributed by atoms with van der Waals surface area (Å²) < 4.78 is 2.13. The lowest BCUT2D eigenvalue weighted by Crippen LogP contribution is -2.24. The number of aromatic nitrogens is 2. The van der Waals surface area contributed by atoms with E-state index in [1.54, 1.807) is 13.8 Å². The van der Waals surface area contributed by atoms with Crippen LogP contribution in [0.2, 0.25) is 0 Å². The summed E-state index contributed by atoms with van der Waals surface area (Å²) in [4.78, 5) is 4.64. The quantitative estimate of drug-likeness (QED) is 0.790. The maximum Gasteiger partial charge on any atom is 0.141 e. The zero-order chi connectivity index (χ0) is 15.0. The van der Waals surface area contributed by atoms with Gasteiger partial charge in [0.1, 0.15) is 11.4 Å². The summed E-state index contributed by atoms with van der Waals surface area (Å²) in [5, 5.41) is 10.5. The van der Waals surface area contributed by atoms with Crippen molar-refractivity contribution in [2.75, 3.05) is 0 Å². The molecule has 1 atom stereocenters. The summed E-state index contributed by atoms with van der Waals surface area (Å²) in [6, 6.07) is 18.4. The molecule has 2 aromatic carbocycles. The molecular weight excluding hydrogens is 260 g/mol. The fraction of sp³-hybridized carbons (Fsp3) is 0.278. The van der Waals surface area contributed by atoms with E-state index in [0.717, 1.165) is 11.0 Å². The van der Waals surface area contributed by atoms with E-state index in [9.17, 15) is 5.11 Å². The third-order valence-electron chi connectivity index (χ3n) is 3.81. The molecule has 3 heteroatoms. The standard InChI is InChI=1S/C18H20N2O/c1-13(14-9-5-4-6-10-14)20-16-12-8-7-11-15(16)19-17(20)18(2,3)21/h4-13,21H,1-3H3. The summed E-state index contributed by atoms with van der Waals surface area (Å²) >= 11 is 0. The van der Waals surface area contributed by atoms with Crippen LogP contribution in [0.4, 0.5) is 0 Å². The van der Waals surface area contributed by atoms with E-state index in [2.05, 4.69) is 34.7 Å². The van der Waals surface area contributed by atoms with E-state index < -0.39 is 5.60 Å². The highest BCUT2D eigenvalue weighted by Crippen LogP contribution is 2.30. The zero-order valence-corrected chi connectivity index (χ0v) is 12.6. The van der Waals surface area contributed by atoms with Gasteiger partial charge in [0.25, 0.3) is 0 Å². The van der Waals surface area contributed by atoms with Crippen LogP contribution in [-0.2, 0) is 5.60 Å². The lowest BCUT2D eigenvalue weighted by atomic mass is 10.1. The normalized spacial score (nSPS) is 13.5. The van der Waals surface area contributed by atoms with Gasteiger partial charge in [-0.25, -0.2) is 4.98 Å². The van der Waals surface area contributed by atoms with Gasteiger partial charge in [0.2, 0.25) is 0 Å². The van der Waals surface area contributed by atoms with Crippen LogP contribution in [0.3, 0.4) is 0 Å². The minimum atomic E-state index is -0.984. The van der Waals surface area contributed by atoms with Crippen molar-refractivity contribution < 1.29 is 5.11 Å². The van der Waals surface area contributed by atoms with E-state index in [4.69, 9.17) is 0 Å². The molecule has 0 saturated carbocycles. The molecule has 0 bridgehead atoms. The number of hydrogen-bond acceptors (Lipinski definition) is 2. The topological polar surface area (TPSA) is 38.0 Å². The Balaban J connectivity index is 2.25. The van der Waals surface area contributed by atoms with Crippen LogP contribution >= 0.6 is 0 Å². The number of nitrogens with zero attached hydrogens (tertiary/aromatic N) is 2. The van der Waals surface area contributed by atoms with Crippen LogP contribution in [-0.4, -0.2) is 14.7 Å². The van der Waals surface area contributed by atoms with Crippen molar-refractivity contribution in [3.05, 3.63) is 66.0 Å². The van der Waals surface area contributed by atoms with Crippen molar-refractivity contribution in [1.29, 1.82) is 0 Å². The molecule has 21 heavy (non-hydrogen) atoms. The summed E-state index contributed by atoms with van der Waals surface area (Å²) in [6.45, 7) is 5.70. The minimum Gasteiger partial charge on any atom is -0.383 e. The summed E-state index contributed by atoms with van der Waals surface area (Å²) in [5.41, 5.74) is 2.18. The second-order valence-electron chi connectivity index (χ2n) is 5.94. The van der Waals surface area contributed by atoms with Gasteiger partial charge in [-0.2, -0.15) is 0 Å². The maximum absolute atomic E-state index is 10.5. The molecule has 0 aliphatic rings. The summed E-state index contributed by atoms with van der Waals surface area (Å²) in [7, 11) is 0. The van der Waals surface area contributed by atoms with Crippen molar-refractivity contribution in [2.24, 2.45) is 0 Å². The molecular formula is C18H20N2O. The molecule has 0 saturated heterocycles. The molecule has 1 heterocycles. The van der Waals surface area contributed by atoms with Gasteiger partial charge in [0, 0.05) is 0 Å². The van der Waals surface area contributed by atoms with E-state index >= 15 is 0 Å². The molecule has 1 unspecified atom stereocenters. The van der Waals surface area contributed by atoms with Crippen molar-refractivity contribution in [1.82, 2.24) is 9.55 Å². The summed E-state index contributed by atoms with van der Waals surface area (Å²) in [5.74, 6) is 0.694. The van der Waals surface area contributed by atoms with Crippen molar-refractivity contribution in [3.8, 4) is 0 Å². The zero-order valence-electron chi connectivity index (χ0n) is 12.6. The van der Waals surface area contributed by atoms with E-state index in [0.29, 0.717) is 5.82 Å². The highest BCUT2D eigenvalue weighted by atomic mass is 16.3. The molecule has 108 valence electrons. The van der Waals surface area contributed by atoms with Crippen LogP contribution in [0.15, 0.2) is 54.6 Å². The second kappa shape index (κ2) is 5.01. The van der Waals surface area contributed by atoms with Gasteiger partial charge in [0.15, 0.2) is 0 Å². The molecule has 0 amide bonds. The van der Waals surface area contributed by atoms with Crippen LogP contribution in [0.25, 0.3) is 11.0 Å². The highest BCUT2D eigenvalue weighted by Gasteiger charge is 2.27. The monoisotopic (exact) mass is 280 g/mol. The Labute approximate surface area is 124 Å². The van der Waals surface area contributed by atoms with Crippen molar-refractivity contribution in [3.63, 3.8) is 0 Å². The van der Waals surface area contributed by atoms with Gasteiger partial charge in [-0.15, -0.1) is 0 Å². The number of para-hydroxylation sites is 2. The Hall–Kier alpha value is -2.13. The third kappa shape index (κ3) is 2.45. The van der Waals surface area contributed by atoms with Crippen molar-refractivity contribution >= 4 is 11.0 Å². The predicted molar refractivity (Wildman–Crippen MR) is 85.2 cm³/mol. The molecule has 0 fully saturated rings. The number of benzene rings is 2. The first-order valence-electron chi connectivity index (χ1n) is 7.23. The molecule has 0 radical (unpaired) electrons. The first kappa shape index (κ1) is 13.8. The first-order chi connectivity index (χ1) is 9.98. The Morgan fingerprint density at radius 3 is 2.29 bits per heavy atom. The lowest BCUT2D eigenvalue weighted by molar-refractivity contribution is 0.0645. The highest BCUT2D eigenvalue weighted by molar-refractivity contribution is 5.76. The third-order valence-corrected chi connectivity index (χ3v) is 3.81. The van der Waals surface area contributed by atoms with Crippen LogP contribution < -0.4 is 0 Å². The number of fused-ring (bicyclic) bond motifs is 1. The van der Waals surface area contributed by atoms with Gasteiger partial charge in [0.05, 0.1) is 17.1 Å². The van der Waals surface area contributed by atoms with Gasteiger partial charge in [-0.05, 0) is 38.5 Å². The number of aliphatic hydroxyl groups is 1. The van der Waals surface area contributed by atoms with Crippen LogP contribution in [0.5, 0.6) is 0 Å². The Morgan fingerprint density at radius 1 is 1.00 bits per heavy atom. The van der Waals surface area contributed by atoms with Gasteiger partial charge >= 0.3 is 0 Å². The number of rotatable bonds is 3. The van der Waals surface area contributed by atoms with Crippen LogP contribution in [0.1, 0.15) is 38.2 Å². The average molecular weight is 280 g/mol. The van der Waals surface area contributed by atoms with E-state index in [-0.39, 0.29) is 6.04 Å². The minimum absolute atomic E-state index is 0.111. The Kier molecular flexibility index (Phi) is 3.30. The summed E-state index contributed by atoms with van der Waals surface area (Å²) in [6.07, 6.45) is 0. The molecule has 1 aromatic heterocycles. The molecule has 3 aromatic rings. The average Bonchev–Trinajstić information content (AvgIpc) is 2.87. The van der Waals surface area contributed by atoms with Crippen molar-refractivity contribution in [2.45, 2.75) is 32.4 Å². The molecule has 1 N–H and O–H groups in total. The van der Waals surface area contributed by atoms with Gasteiger partial charge < -0.3 is 9.67 Å². The fourth-order valence-electron chi connectivity index (χ4n) is 2.75. The Bertz CT molecular complexity index is 754. The Morgan fingerprint density at radius 2 is 1.62 bits per heavy atom. The van der Waals surface area contributed by atoms with E-state index in [1.165, 1.54) is 5.56 Å². The SMILES string of the molecule is CC(c1ccccc1)n1c(C(C)(C)O)nc2ccccc21. The first-order valence-corrected chi connectivity index (χ1v) is 7.23. The van der Waals surface area contributed by atoms with Gasteiger partial charge in [-0.3, -0.25) is 0 Å². The molecule has 3 nitrogen and oxygen atoms in total. The molecule has 3 rings (SSSR count). The molecule has 0 aliphatic carbocycles. The fourth-order valence-corrected chi connectivity index (χ4v) is 2.75. The second-order valence-corrected chi connectivity index (χ2v) is 5.94. The van der Waals surface area contributed by atoms with Gasteiger partial charge in [-0.1, -0.05) is 42.5 Å². The van der Waals surface area contributed by atoms with Crippen LogP contribution in [0, 0.1) is 0 Å².